The topological polar surface area (TPSA) is 58.6 Å². The highest BCUT2D eigenvalue weighted by atomic mass is 35.5. The van der Waals surface area contributed by atoms with Crippen LogP contribution in [0, 0.1) is 13.8 Å². The lowest BCUT2D eigenvalue weighted by Crippen LogP contribution is -2.25. The lowest BCUT2D eigenvalue weighted by atomic mass is 10.1. The number of nitrogens with one attached hydrogen (secondary N) is 1. The molecular formula is C12H16ClNO3. The van der Waals surface area contributed by atoms with Crippen molar-refractivity contribution >= 4 is 23.2 Å². The molecule has 0 fully saturated rings. The Morgan fingerprint density at radius 1 is 1.53 bits per heavy atom. The van der Waals surface area contributed by atoms with Gasteiger partial charge in [0.05, 0.1) is 12.8 Å². The van der Waals surface area contributed by atoms with Crippen molar-refractivity contribution in [3.8, 4) is 5.75 Å². The number of hydrogen-bond acceptors (Lipinski definition) is 3. The highest BCUT2D eigenvalue weighted by molar-refractivity contribution is 6.32. The van der Waals surface area contributed by atoms with Crippen molar-refractivity contribution in [2.24, 2.45) is 0 Å². The van der Waals surface area contributed by atoms with Crippen molar-refractivity contribution in [1.29, 1.82) is 0 Å². The summed E-state index contributed by atoms with van der Waals surface area (Å²) in [5.74, 6) is 0.0321. The van der Waals surface area contributed by atoms with Gasteiger partial charge in [-0.2, -0.15) is 0 Å². The standard InChI is InChI=1S/C12H16ClNO3/c1-6-5-9(17-4)11(7(2)10(6)13)14-12(16)8(3)15/h5,8,15H,1-4H3,(H,14,16). The van der Waals surface area contributed by atoms with E-state index in [-0.39, 0.29) is 0 Å². The van der Waals surface area contributed by atoms with Gasteiger partial charge >= 0.3 is 0 Å². The second-order valence-corrected chi connectivity index (χ2v) is 4.25. The molecule has 1 rings (SSSR count). The summed E-state index contributed by atoms with van der Waals surface area (Å²) in [6, 6.07) is 1.74. The van der Waals surface area contributed by atoms with Crippen molar-refractivity contribution in [2.45, 2.75) is 26.9 Å². The van der Waals surface area contributed by atoms with Crippen LogP contribution < -0.4 is 10.1 Å². The maximum absolute atomic E-state index is 11.5. The summed E-state index contributed by atoms with van der Waals surface area (Å²) in [5.41, 5.74) is 2.09. The maximum atomic E-state index is 11.5. The molecule has 17 heavy (non-hydrogen) atoms. The summed E-state index contributed by atoms with van der Waals surface area (Å²) in [5, 5.41) is 12.3. The van der Waals surface area contributed by atoms with E-state index in [9.17, 15) is 9.90 Å². The molecule has 0 radical (unpaired) electrons. The highest BCUT2D eigenvalue weighted by Crippen LogP contribution is 2.35. The van der Waals surface area contributed by atoms with E-state index in [4.69, 9.17) is 16.3 Å². The third-order valence-corrected chi connectivity index (χ3v) is 3.07. The molecule has 0 bridgehead atoms. The predicted octanol–water partition coefficient (Wildman–Crippen LogP) is 2.28. The van der Waals surface area contributed by atoms with E-state index in [1.807, 2.05) is 6.92 Å². The van der Waals surface area contributed by atoms with E-state index in [1.54, 1.807) is 13.0 Å². The van der Waals surface area contributed by atoms with Gasteiger partial charge in [0, 0.05) is 5.02 Å². The van der Waals surface area contributed by atoms with Crippen LogP contribution in [0.3, 0.4) is 0 Å². The molecule has 4 nitrogen and oxygen atoms in total. The van der Waals surface area contributed by atoms with Gasteiger partial charge in [0.1, 0.15) is 11.9 Å². The van der Waals surface area contributed by atoms with E-state index in [2.05, 4.69) is 5.32 Å². The normalized spacial score (nSPS) is 12.1. The molecule has 0 saturated heterocycles. The Kier molecular flexibility index (Phi) is 4.37. The van der Waals surface area contributed by atoms with Crippen LogP contribution in [0.25, 0.3) is 0 Å². The minimum Gasteiger partial charge on any atom is -0.495 e. The summed E-state index contributed by atoms with van der Waals surface area (Å²) < 4.78 is 5.19. The number of aliphatic hydroxyl groups excluding tert-OH is 1. The molecule has 1 amide bonds. The molecule has 1 atom stereocenters. The molecule has 1 unspecified atom stereocenters. The Morgan fingerprint density at radius 2 is 2.12 bits per heavy atom. The third-order valence-electron chi connectivity index (χ3n) is 2.49. The van der Waals surface area contributed by atoms with Gasteiger partial charge in [-0.3, -0.25) is 4.79 Å². The Bertz CT molecular complexity index is 444. The van der Waals surface area contributed by atoms with Crippen LogP contribution in [0.5, 0.6) is 5.75 Å². The first-order valence-corrected chi connectivity index (χ1v) is 5.59. The van der Waals surface area contributed by atoms with Crippen molar-refractivity contribution in [2.75, 3.05) is 12.4 Å². The molecule has 1 aromatic carbocycles. The van der Waals surface area contributed by atoms with Gasteiger partial charge in [-0.05, 0) is 38.0 Å². The zero-order valence-corrected chi connectivity index (χ0v) is 11.1. The molecule has 0 saturated carbocycles. The summed E-state index contributed by atoms with van der Waals surface area (Å²) in [6.45, 7) is 5.04. The number of carbonyl (C=O) groups is 1. The number of aryl methyl sites for hydroxylation is 1. The summed E-state index contributed by atoms with van der Waals surface area (Å²) >= 11 is 6.11. The molecule has 0 aromatic heterocycles. The van der Waals surface area contributed by atoms with Gasteiger partial charge < -0.3 is 15.2 Å². The molecule has 0 heterocycles. The third kappa shape index (κ3) is 2.90. The van der Waals surface area contributed by atoms with Gasteiger partial charge in [-0.1, -0.05) is 11.6 Å². The number of rotatable bonds is 3. The van der Waals surface area contributed by atoms with Gasteiger partial charge in [-0.15, -0.1) is 0 Å². The number of hydrogen-bond donors (Lipinski definition) is 2. The van der Waals surface area contributed by atoms with Crippen LogP contribution in [-0.4, -0.2) is 24.2 Å². The fourth-order valence-corrected chi connectivity index (χ4v) is 1.62. The Morgan fingerprint density at radius 3 is 2.59 bits per heavy atom. The van der Waals surface area contributed by atoms with Crippen LogP contribution in [0.2, 0.25) is 5.02 Å². The quantitative estimate of drug-likeness (QED) is 0.873. The maximum Gasteiger partial charge on any atom is 0.253 e. The summed E-state index contributed by atoms with van der Waals surface area (Å²) in [6.07, 6.45) is -1.08. The number of ether oxygens (including phenoxy) is 1. The Labute approximate surface area is 106 Å². The van der Waals surface area contributed by atoms with Crippen LogP contribution >= 0.6 is 11.6 Å². The van der Waals surface area contributed by atoms with Crippen LogP contribution in [0.15, 0.2) is 6.07 Å². The van der Waals surface area contributed by atoms with Gasteiger partial charge in [-0.25, -0.2) is 0 Å². The molecule has 1 aromatic rings. The molecule has 2 N–H and O–H groups in total. The minimum absolute atomic E-state index is 0.494. The number of benzene rings is 1. The highest BCUT2D eigenvalue weighted by Gasteiger charge is 2.17. The molecule has 5 heteroatoms. The monoisotopic (exact) mass is 257 g/mol. The number of amides is 1. The fourth-order valence-electron chi connectivity index (χ4n) is 1.47. The molecule has 94 valence electrons. The lowest BCUT2D eigenvalue weighted by Gasteiger charge is -2.16. The predicted molar refractivity (Wildman–Crippen MR) is 67.8 cm³/mol. The van der Waals surface area contributed by atoms with Gasteiger partial charge in [0.2, 0.25) is 0 Å². The average molecular weight is 258 g/mol. The minimum atomic E-state index is -1.08. The van der Waals surface area contributed by atoms with Gasteiger partial charge in [0.25, 0.3) is 5.91 Å². The molecule has 0 aliphatic heterocycles. The second kappa shape index (κ2) is 5.38. The van der Waals surface area contributed by atoms with Crippen molar-refractivity contribution in [1.82, 2.24) is 0 Å². The van der Waals surface area contributed by atoms with Gasteiger partial charge in [0.15, 0.2) is 0 Å². The van der Waals surface area contributed by atoms with E-state index >= 15 is 0 Å². The fraction of sp³-hybridized carbons (Fsp3) is 0.417. The van der Waals surface area contributed by atoms with Crippen LogP contribution in [0.4, 0.5) is 5.69 Å². The van der Waals surface area contributed by atoms with E-state index in [1.165, 1.54) is 14.0 Å². The zero-order chi connectivity index (χ0) is 13.2. The molecule has 0 aliphatic rings. The van der Waals surface area contributed by atoms with Crippen molar-refractivity contribution in [3.63, 3.8) is 0 Å². The summed E-state index contributed by atoms with van der Waals surface area (Å²) in [7, 11) is 1.51. The molecule has 0 spiro atoms. The largest absolute Gasteiger partial charge is 0.495 e. The SMILES string of the molecule is COc1cc(C)c(Cl)c(C)c1NC(=O)C(C)O. The number of anilines is 1. The van der Waals surface area contributed by atoms with Crippen molar-refractivity contribution < 1.29 is 14.6 Å². The van der Waals surface area contributed by atoms with E-state index in [0.29, 0.717) is 16.5 Å². The average Bonchev–Trinajstić information content (AvgIpc) is 2.29. The molecular weight excluding hydrogens is 242 g/mol. The van der Waals surface area contributed by atoms with Crippen LogP contribution in [-0.2, 0) is 4.79 Å². The Balaban J connectivity index is 3.22. The lowest BCUT2D eigenvalue weighted by molar-refractivity contribution is -0.123. The van der Waals surface area contributed by atoms with Crippen LogP contribution in [0.1, 0.15) is 18.1 Å². The first kappa shape index (κ1) is 13.8. The number of halogens is 1. The van der Waals surface area contributed by atoms with E-state index in [0.717, 1.165) is 11.1 Å². The zero-order valence-electron chi connectivity index (χ0n) is 10.3. The number of carbonyl (C=O) groups excluding carboxylic acids is 1. The second-order valence-electron chi connectivity index (χ2n) is 3.87. The first-order valence-electron chi connectivity index (χ1n) is 5.21. The Hall–Kier alpha value is -1.26. The summed E-state index contributed by atoms with van der Waals surface area (Å²) in [4.78, 5) is 11.5. The first-order chi connectivity index (χ1) is 7.88. The molecule has 0 aliphatic carbocycles. The number of aliphatic hydroxyl groups is 1. The van der Waals surface area contributed by atoms with E-state index < -0.39 is 12.0 Å². The van der Waals surface area contributed by atoms with Crippen molar-refractivity contribution in [3.05, 3.63) is 22.2 Å². The smallest absolute Gasteiger partial charge is 0.253 e. The number of methoxy groups -OCH3 is 1.